The molecule has 3 rings (SSSR count). The average Bonchev–Trinajstić information content (AvgIpc) is 2.85. The molecule has 1 saturated carbocycles. The van der Waals surface area contributed by atoms with Crippen LogP contribution in [0.5, 0.6) is 5.75 Å². The van der Waals surface area contributed by atoms with Gasteiger partial charge in [-0.15, -0.1) is 0 Å². The van der Waals surface area contributed by atoms with E-state index in [1.54, 1.807) is 12.1 Å². The molecule has 2 nitrogen and oxygen atoms in total. The van der Waals surface area contributed by atoms with Crippen molar-refractivity contribution in [3.05, 3.63) is 52.9 Å². The van der Waals surface area contributed by atoms with Crippen LogP contribution in [0.1, 0.15) is 116 Å². The molecule has 1 atom stereocenters. The SMILES string of the molecule is CCCCCC1CCC(CCc2ccc(OC(=O)C3CC=C(CCC=C(C)C)CC3)c(F)c2)CC1. The number of carbonyl (C=O) groups is 1. The fourth-order valence-corrected chi connectivity index (χ4v) is 5.71. The van der Waals surface area contributed by atoms with E-state index in [0.29, 0.717) is 6.42 Å². The highest BCUT2D eigenvalue weighted by atomic mass is 19.1. The standard InChI is InChI=1S/C32H47FO2/c1-4-5-6-9-25-11-13-27(14-12-25)15-16-28-19-22-31(30(33)23-28)35-32(34)29-20-17-26(18-21-29)10-7-8-24(2)3/h8,17,19,22-23,25,27,29H,4-7,9-16,18,20-21H2,1-3H3. The van der Waals surface area contributed by atoms with Crippen molar-refractivity contribution < 1.29 is 13.9 Å². The Bertz CT molecular complexity index is 856. The van der Waals surface area contributed by atoms with Gasteiger partial charge in [-0.3, -0.25) is 4.79 Å². The molecule has 0 saturated heterocycles. The van der Waals surface area contributed by atoms with Gasteiger partial charge >= 0.3 is 5.97 Å². The largest absolute Gasteiger partial charge is 0.423 e. The number of allylic oxidation sites excluding steroid dienone is 4. The van der Waals surface area contributed by atoms with Crippen molar-refractivity contribution in [2.75, 3.05) is 0 Å². The number of esters is 1. The van der Waals surface area contributed by atoms with Crippen molar-refractivity contribution in [2.24, 2.45) is 17.8 Å². The van der Waals surface area contributed by atoms with E-state index in [4.69, 9.17) is 4.74 Å². The third-order valence-corrected chi connectivity index (χ3v) is 8.09. The monoisotopic (exact) mass is 482 g/mol. The Balaban J connectivity index is 1.40. The highest BCUT2D eigenvalue weighted by Crippen LogP contribution is 2.35. The molecule has 2 aliphatic rings. The van der Waals surface area contributed by atoms with E-state index in [1.807, 2.05) is 6.07 Å². The Labute approximate surface area is 213 Å². The molecular formula is C32H47FO2. The van der Waals surface area contributed by atoms with Crippen LogP contribution >= 0.6 is 0 Å². The Morgan fingerprint density at radius 3 is 2.40 bits per heavy atom. The summed E-state index contributed by atoms with van der Waals surface area (Å²) in [6, 6.07) is 5.15. The molecule has 0 radical (unpaired) electrons. The number of benzene rings is 1. The van der Waals surface area contributed by atoms with Crippen LogP contribution in [0.25, 0.3) is 0 Å². The van der Waals surface area contributed by atoms with E-state index < -0.39 is 5.82 Å². The van der Waals surface area contributed by atoms with Crippen LogP contribution < -0.4 is 4.74 Å². The summed E-state index contributed by atoms with van der Waals surface area (Å²) >= 11 is 0. The molecule has 0 aliphatic heterocycles. The van der Waals surface area contributed by atoms with Crippen molar-refractivity contribution in [3.8, 4) is 5.75 Å². The van der Waals surface area contributed by atoms with Gasteiger partial charge in [-0.25, -0.2) is 4.39 Å². The molecule has 2 aliphatic carbocycles. The van der Waals surface area contributed by atoms with Gasteiger partial charge in [0.25, 0.3) is 0 Å². The molecule has 35 heavy (non-hydrogen) atoms. The lowest BCUT2D eigenvalue weighted by molar-refractivity contribution is -0.139. The summed E-state index contributed by atoms with van der Waals surface area (Å²) in [6.45, 7) is 6.51. The van der Waals surface area contributed by atoms with Gasteiger partial charge in [0.15, 0.2) is 11.6 Å². The van der Waals surface area contributed by atoms with Crippen LogP contribution in [0.15, 0.2) is 41.5 Å². The van der Waals surface area contributed by atoms with Crippen molar-refractivity contribution in [1.29, 1.82) is 0 Å². The number of hydrogen-bond donors (Lipinski definition) is 0. The van der Waals surface area contributed by atoms with Gasteiger partial charge in [0.1, 0.15) is 0 Å². The number of ether oxygens (including phenoxy) is 1. The Kier molecular flexibility index (Phi) is 11.6. The first-order valence-corrected chi connectivity index (χ1v) is 14.3. The maximum absolute atomic E-state index is 14.7. The van der Waals surface area contributed by atoms with E-state index >= 15 is 0 Å². The summed E-state index contributed by atoms with van der Waals surface area (Å²) in [7, 11) is 0. The van der Waals surface area contributed by atoms with Crippen LogP contribution in [0.2, 0.25) is 0 Å². The van der Waals surface area contributed by atoms with Gasteiger partial charge in [0.2, 0.25) is 0 Å². The lowest BCUT2D eigenvalue weighted by atomic mass is 9.78. The van der Waals surface area contributed by atoms with E-state index in [-0.39, 0.29) is 17.6 Å². The zero-order valence-electron chi connectivity index (χ0n) is 22.4. The van der Waals surface area contributed by atoms with E-state index in [1.165, 1.54) is 62.5 Å². The molecule has 1 unspecified atom stereocenters. The predicted octanol–water partition coefficient (Wildman–Crippen LogP) is 9.52. The smallest absolute Gasteiger partial charge is 0.314 e. The van der Waals surface area contributed by atoms with Crippen LogP contribution in [-0.2, 0) is 11.2 Å². The molecule has 0 amide bonds. The molecule has 0 bridgehead atoms. The second kappa shape index (κ2) is 14.6. The molecule has 1 fully saturated rings. The van der Waals surface area contributed by atoms with Gasteiger partial charge in [0.05, 0.1) is 5.92 Å². The van der Waals surface area contributed by atoms with Crippen LogP contribution in [0.3, 0.4) is 0 Å². The average molecular weight is 483 g/mol. The van der Waals surface area contributed by atoms with Crippen molar-refractivity contribution >= 4 is 5.97 Å². The van der Waals surface area contributed by atoms with Crippen LogP contribution in [0.4, 0.5) is 4.39 Å². The Hall–Kier alpha value is -1.90. The zero-order chi connectivity index (χ0) is 25.0. The quantitative estimate of drug-likeness (QED) is 0.128. The number of rotatable bonds is 12. The lowest BCUT2D eigenvalue weighted by Crippen LogP contribution is -2.22. The minimum absolute atomic E-state index is 0.0738. The summed E-state index contributed by atoms with van der Waals surface area (Å²) in [5.41, 5.74) is 3.78. The predicted molar refractivity (Wildman–Crippen MR) is 144 cm³/mol. The fraction of sp³-hybridized carbons (Fsp3) is 0.656. The first-order chi connectivity index (χ1) is 16.9. The molecule has 1 aromatic rings. The maximum atomic E-state index is 14.7. The van der Waals surface area contributed by atoms with Crippen LogP contribution in [-0.4, -0.2) is 5.97 Å². The Morgan fingerprint density at radius 1 is 1.03 bits per heavy atom. The molecule has 3 heteroatoms. The van der Waals surface area contributed by atoms with Crippen molar-refractivity contribution in [1.82, 2.24) is 0 Å². The van der Waals surface area contributed by atoms with E-state index in [9.17, 15) is 9.18 Å². The number of hydrogen-bond acceptors (Lipinski definition) is 2. The lowest BCUT2D eigenvalue weighted by Gasteiger charge is -2.28. The number of aryl methyl sites for hydroxylation is 1. The Morgan fingerprint density at radius 2 is 1.77 bits per heavy atom. The van der Waals surface area contributed by atoms with E-state index in [2.05, 4.69) is 32.9 Å². The van der Waals surface area contributed by atoms with Crippen LogP contribution in [0, 0.1) is 23.6 Å². The van der Waals surface area contributed by atoms with Gasteiger partial charge in [-0.05, 0) is 88.3 Å². The second-order valence-electron chi connectivity index (χ2n) is 11.3. The van der Waals surface area contributed by atoms with Gasteiger partial charge in [-0.2, -0.15) is 0 Å². The number of halogens is 1. The van der Waals surface area contributed by atoms with Crippen molar-refractivity contribution in [2.45, 2.75) is 117 Å². The second-order valence-corrected chi connectivity index (χ2v) is 11.3. The van der Waals surface area contributed by atoms with E-state index in [0.717, 1.165) is 55.9 Å². The third kappa shape index (κ3) is 9.58. The molecule has 0 N–H and O–H groups in total. The molecular weight excluding hydrogens is 435 g/mol. The summed E-state index contributed by atoms with van der Waals surface area (Å²) in [6.07, 6.45) is 21.8. The normalized spacial score (nSPS) is 22.4. The van der Waals surface area contributed by atoms with Gasteiger partial charge < -0.3 is 4.74 Å². The number of unbranched alkanes of at least 4 members (excludes halogenated alkanes) is 2. The molecule has 0 heterocycles. The molecule has 0 spiro atoms. The molecule has 194 valence electrons. The summed E-state index contributed by atoms with van der Waals surface area (Å²) in [4.78, 5) is 12.6. The maximum Gasteiger partial charge on any atom is 0.314 e. The number of carbonyl (C=O) groups excluding carboxylic acids is 1. The molecule has 1 aromatic carbocycles. The van der Waals surface area contributed by atoms with Gasteiger partial charge in [-0.1, -0.05) is 87.7 Å². The third-order valence-electron chi connectivity index (χ3n) is 8.09. The first-order valence-electron chi connectivity index (χ1n) is 14.3. The fourth-order valence-electron chi connectivity index (χ4n) is 5.71. The zero-order valence-corrected chi connectivity index (χ0v) is 22.4. The molecule has 0 aromatic heterocycles. The topological polar surface area (TPSA) is 26.3 Å². The highest BCUT2D eigenvalue weighted by Gasteiger charge is 2.24. The van der Waals surface area contributed by atoms with Gasteiger partial charge in [0, 0.05) is 0 Å². The highest BCUT2D eigenvalue weighted by molar-refractivity contribution is 5.75. The summed E-state index contributed by atoms with van der Waals surface area (Å²) < 4.78 is 20.2. The minimum atomic E-state index is -0.413. The summed E-state index contributed by atoms with van der Waals surface area (Å²) in [5, 5.41) is 0. The van der Waals surface area contributed by atoms with Crippen molar-refractivity contribution in [3.63, 3.8) is 0 Å². The minimum Gasteiger partial charge on any atom is -0.423 e. The first kappa shape index (κ1) is 27.7. The summed E-state index contributed by atoms with van der Waals surface area (Å²) in [5.74, 6) is 0.890.